The second-order valence-electron chi connectivity index (χ2n) is 8.08. The molecule has 176 valence electrons. The Labute approximate surface area is 198 Å². The van der Waals surface area contributed by atoms with Gasteiger partial charge in [-0.2, -0.15) is 10.4 Å². The lowest BCUT2D eigenvalue weighted by molar-refractivity contribution is 0.520. The van der Waals surface area contributed by atoms with Gasteiger partial charge in [0, 0.05) is 29.7 Å². The summed E-state index contributed by atoms with van der Waals surface area (Å²) in [6, 6.07) is 8.00. The number of rotatable bonds is 6. The van der Waals surface area contributed by atoms with Crippen LogP contribution in [0.25, 0.3) is 12.2 Å². The van der Waals surface area contributed by atoms with Gasteiger partial charge in [0.1, 0.15) is 0 Å². The lowest BCUT2D eigenvalue weighted by Crippen LogP contribution is -2.34. The van der Waals surface area contributed by atoms with Gasteiger partial charge in [-0.05, 0) is 76.4 Å². The second-order valence-corrected chi connectivity index (χ2v) is 8.08. The standard InChI is InChI=1S/C22H27N5.C5H11N/c1-6-9-19(24-5)12-21-20(7-2)16(4)26-27-22(21)25-14-18-11-8-10-17(13-23)15(18)3;1-2-4-6-5-3-1/h7-12,24H,6,14H2,1-5H3,(H,25,27);6H,1-5H2/b19-9-,20-7-,21-12+;. The first-order valence-corrected chi connectivity index (χ1v) is 11.9. The number of nitriles is 1. The van der Waals surface area contributed by atoms with E-state index in [1.807, 2.05) is 46.0 Å². The monoisotopic (exact) mass is 446 g/mol. The van der Waals surface area contributed by atoms with E-state index >= 15 is 0 Å². The van der Waals surface area contributed by atoms with Gasteiger partial charge in [0.15, 0.2) is 5.82 Å². The van der Waals surface area contributed by atoms with E-state index in [-0.39, 0.29) is 0 Å². The molecule has 0 radical (unpaired) electrons. The molecule has 1 aliphatic rings. The fourth-order valence-corrected chi connectivity index (χ4v) is 3.78. The fourth-order valence-electron chi connectivity index (χ4n) is 3.78. The first kappa shape index (κ1) is 26.1. The van der Waals surface area contributed by atoms with Crippen LogP contribution in [0.5, 0.6) is 0 Å². The Kier molecular flexibility index (Phi) is 11.1. The molecule has 1 aliphatic heterocycles. The van der Waals surface area contributed by atoms with E-state index in [0.29, 0.717) is 12.1 Å². The molecule has 2 aromatic rings. The van der Waals surface area contributed by atoms with Crippen molar-refractivity contribution in [2.75, 3.05) is 25.5 Å². The number of aromatic nitrogens is 2. The number of piperidine rings is 1. The van der Waals surface area contributed by atoms with Gasteiger partial charge < -0.3 is 16.0 Å². The molecule has 0 amide bonds. The Hall–Kier alpha value is -3.17. The summed E-state index contributed by atoms with van der Waals surface area (Å²) in [6.07, 6.45) is 11.5. The van der Waals surface area contributed by atoms with Crippen molar-refractivity contribution in [2.45, 2.75) is 59.9 Å². The third kappa shape index (κ3) is 7.73. The van der Waals surface area contributed by atoms with Crippen LogP contribution in [0.1, 0.15) is 61.9 Å². The molecular formula is C27H38N6. The average Bonchev–Trinajstić information content (AvgIpc) is 2.85. The van der Waals surface area contributed by atoms with Gasteiger partial charge >= 0.3 is 0 Å². The van der Waals surface area contributed by atoms with Gasteiger partial charge in [-0.1, -0.05) is 37.6 Å². The number of hydrogen-bond donors (Lipinski definition) is 3. The van der Waals surface area contributed by atoms with Crippen LogP contribution in [0, 0.1) is 25.2 Å². The maximum atomic E-state index is 9.23. The lowest BCUT2D eigenvalue weighted by atomic mass is 10.0. The smallest absolute Gasteiger partial charge is 0.156 e. The van der Waals surface area contributed by atoms with E-state index in [4.69, 9.17) is 0 Å². The molecule has 0 saturated carbocycles. The summed E-state index contributed by atoms with van der Waals surface area (Å²) in [7, 11) is 1.92. The van der Waals surface area contributed by atoms with Crippen molar-refractivity contribution in [3.05, 3.63) is 62.8 Å². The van der Waals surface area contributed by atoms with Gasteiger partial charge in [-0.25, -0.2) is 0 Å². The number of hydrogen-bond acceptors (Lipinski definition) is 6. The number of nitrogens with one attached hydrogen (secondary N) is 3. The Morgan fingerprint density at radius 1 is 1.15 bits per heavy atom. The van der Waals surface area contributed by atoms with Crippen molar-refractivity contribution in [3.63, 3.8) is 0 Å². The largest absolute Gasteiger partial charge is 0.388 e. The van der Waals surface area contributed by atoms with Crippen molar-refractivity contribution in [1.29, 1.82) is 5.26 Å². The summed E-state index contributed by atoms with van der Waals surface area (Å²) in [5, 5.41) is 29.9. The highest BCUT2D eigenvalue weighted by molar-refractivity contribution is 5.54. The zero-order valence-corrected chi connectivity index (χ0v) is 20.8. The molecule has 0 spiro atoms. The molecule has 6 nitrogen and oxygen atoms in total. The molecule has 0 unspecified atom stereocenters. The minimum Gasteiger partial charge on any atom is -0.388 e. The van der Waals surface area contributed by atoms with E-state index in [9.17, 15) is 5.26 Å². The van der Waals surface area contributed by atoms with Crippen LogP contribution in [0.4, 0.5) is 5.82 Å². The molecule has 2 heterocycles. The maximum Gasteiger partial charge on any atom is 0.156 e. The normalized spacial score (nSPS) is 14.8. The SMILES string of the molecule is C/C=c1/c(C)nnc(NCc2cccc(C#N)c2C)/c1=C/C(=C/CC)NC.C1CCNCC1. The molecule has 6 heteroatoms. The minimum absolute atomic E-state index is 0.579. The Balaban J connectivity index is 0.000000554. The minimum atomic E-state index is 0.579. The molecule has 33 heavy (non-hydrogen) atoms. The highest BCUT2D eigenvalue weighted by Crippen LogP contribution is 2.13. The van der Waals surface area contributed by atoms with Crippen molar-refractivity contribution >= 4 is 18.0 Å². The first-order chi connectivity index (χ1) is 16.0. The van der Waals surface area contributed by atoms with Crippen molar-refractivity contribution in [3.8, 4) is 6.07 Å². The highest BCUT2D eigenvalue weighted by atomic mass is 15.2. The molecule has 1 aromatic carbocycles. The highest BCUT2D eigenvalue weighted by Gasteiger charge is 2.07. The first-order valence-electron chi connectivity index (χ1n) is 11.9. The molecule has 3 rings (SSSR count). The zero-order valence-electron chi connectivity index (χ0n) is 20.8. The van der Waals surface area contributed by atoms with Crippen LogP contribution in [-0.4, -0.2) is 30.3 Å². The van der Waals surface area contributed by atoms with Crippen LogP contribution in [-0.2, 0) is 6.54 Å². The Bertz CT molecular complexity index is 1080. The van der Waals surface area contributed by atoms with Gasteiger partial charge in [0.05, 0.1) is 17.3 Å². The van der Waals surface area contributed by atoms with E-state index in [2.05, 4.69) is 57.4 Å². The topological polar surface area (TPSA) is 85.7 Å². The number of benzene rings is 1. The lowest BCUT2D eigenvalue weighted by Gasteiger charge is -2.11. The Morgan fingerprint density at radius 3 is 2.45 bits per heavy atom. The molecule has 1 saturated heterocycles. The number of nitrogens with zero attached hydrogens (tertiary/aromatic N) is 3. The maximum absolute atomic E-state index is 9.23. The van der Waals surface area contributed by atoms with Gasteiger partial charge in [-0.15, -0.1) is 5.10 Å². The van der Waals surface area contributed by atoms with Crippen LogP contribution in [0.2, 0.25) is 0 Å². The third-order valence-electron chi connectivity index (χ3n) is 5.76. The molecule has 3 N–H and O–H groups in total. The summed E-state index contributed by atoms with van der Waals surface area (Å²) in [5.74, 6) is 0.729. The summed E-state index contributed by atoms with van der Waals surface area (Å²) in [4.78, 5) is 0. The quantitative estimate of drug-likeness (QED) is 0.630. The van der Waals surface area contributed by atoms with E-state index in [1.165, 1.54) is 32.4 Å². The van der Waals surface area contributed by atoms with Crippen LogP contribution >= 0.6 is 0 Å². The van der Waals surface area contributed by atoms with E-state index in [1.54, 1.807) is 0 Å². The number of aryl methyl sites for hydroxylation is 1. The predicted octanol–water partition coefficient (Wildman–Crippen LogP) is 3.43. The van der Waals surface area contributed by atoms with Crippen LogP contribution in [0.15, 0.2) is 30.0 Å². The zero-order chi connectivity index (χ0) is 24.1. The molecule has 1 fully saturated rings. The molecular weight excluding hydrogens is 408 g/mol. The van der Waals surface area contributed by atoms with Crippen molar-refractivity contribution in [1.82, 2.24) is 20.8 Å². The van der Waals surface area contributed by atoms with Crippen LogP contribution in [0.3, 0.4) is 0 Å². The summed E-state index contributed by atoms with van der Waals surface area (Å²) in [5.41, 5.74) is 4.69. The fraction of sp³-hybridized carbons (Fsp3) is 0.444. The second kappa shape index (κ2) is 14.1. The number of allylic oxidation sites excluding steroid dienone is 2. The third-order valence-corrected chi connectivity index (χ3v) is 5.76. The molecule has 0 atom stereocenters. The van der Waals surface area contributed by atoms with Crippen molar-refractivity contribution < 1.29 is 0 Å². The van der Waals surface area contributed by atoms with Gasteiger partial charge in [0.25, 0.3) is 0 Å². The molecule has 0 aliphatic carbocycles. The van der Waals surface area contributed by atoms with Gasteiger partial charge in [0.2, 0.25) is 0 Å². The molecule has 0 bridgehead atoms. The summed E-state index contributed by atoms with van der Waals surface area (Å²) in [6.45, 7) is 11.1. The molecule has 1 aromatic heterocycles. The van der Waals surface area contributed by atoms with E-state index < -0.39 is 0 Å². The average molecular weight is 447 g/mol. The predicted molar refractivity (Wildman–Crippen MR) is 138 cm³/mol. The van der Waals surface area contributed by atoms with Crippen molar-refractivity contribution in [2.24, 2.45) is 0 Å². The van der Waals surface area contributed by atoms with Gasteiger partial charge in [-0.3, -0.25) is 0 Å². The van der Waals surface area contributed by atoms with E-state index in [0.717, 1.165) is 45.2 Å². The van der Waals surface area contributed by atoms with Crippen LogP contribution < -0.4 is 26.4 Å². The Morgan fingerprint density at radius 2 is 1.91 bits per heavy atom. The number of anilines is 1. The summed E-state index contributed by atoms with van der Waals surface area (Å²) < 4.78 is 0. The summed E-state index contributed by atoms with van der Waals surface area (Å²) >= 11 is 0.